The highest BCUT2D eigenvalue weighted by molar-refractivity contribution is 5.81. The summed E-state index contributed by atoms with van der Waals surface area (Å²) >= 11 is 0. The molecule has 0 saturated heterocycles. The molecule has 0 aliphatic carbocycles. The third kappa shape index (κ3) is 5.88. The first kappa shape index (κ1) is 21.4. The van der Waals surface area contributed by atoms with E-state index in [0.29, 0.717) is 31.6 Å². The van der Waals surface area contributed by atoms with E-state index in [2.05, 4.69) is 4.98 Å². The van der Waals surface area contributed by atoms with Crippen molar-refractivity contribution < 1.29 is 13.9 Å². The second-order valence-corrected chi connectivity index (χ2v) is 7.68. The predicted molar refractivity (Wildman–Crippen MR) is 124 cm³/mol. The number of ether oxygens (including phenoxy) is 1. The predicted octanol–water partition coefficient (Wildman–Crippen LogP) is 6.21. The van der Waals surface area contributed by atoms with Crippen LogP contribution in [0.25, 0.3) is 11.1 Å². The largest absolute Gasteiger partial charge is 0.489 e. The van der Waals surface area contributed by atoms with Gasteiger partial charge in [0.05, 0.1) is 0 Å². The Labute approximate surface area is 187 Å². The minimum Gasteiger partial charge on any atom is -0.489 e. The van der Waals surface area contributed by atoms with Crippen LogP contribution >= 0.6 is 0 Å². The fourth-order valence-corrected chi connectivity index (χ4v) is 3.57. The molecule has 0 unspecified atom stereocenters. The van der Waals surface area contributed by atoms with Crippen LogP contribution in [0.15, 0.2) is 97.3 Å². The number of Topliss-reactive ketones (excluding diaryl/α,β-unsaturated/α-hetero) is 1. The van der Waals surface area contributed by atoms with E-state index in [4.69, 9.17) is 4.74 Å². The summed E-state index contributed by atoms with van der Waals surface area (Å²) in [6.07, 6.45) is 5.12. The van der Waals surface area contributed by atoms with E-state index < -0.39 is 0 Å². The standard InChI is InChI=1S/C28H24FNO2/c29-25-12-11-24(28(18-25)23-6-2-1-3-7-23)20-32-27-14-9-21(10-15-27)17-26(31)13-8-22-5-4-16-30-19-22/h1-7,9-12,14-16,18-19H,8,13,17,20H2. The maximum absolute atomic E-state index is 13.8. The summed E-state index contributed by atoms with van der Waals surface area (Å²) in [6, 6.07) is 25.9. The Kier molecular flexibility index (Phi) is 7.03. The number of halogens is 1. The Morgan fingerprint density at radius 2 is 1.69 bits per heavy atom. The minimum absolute atomic E-state index is 0.196. The zero-order valence-electron chi connectivity index (χ0n) is 17.7. The summed E-state index contributed by atoms with van der Waals surface area (Å²) in [6.45, 7) is 0.327. The van der Waals surface area contributed by atoms with Crippen molar-refractivity contribution in [2.45, 2.75) is 25.9 Å². The third-order valence-electron chi connectivity index (χ3n) is 5.29. The van der Waals surface area contributed by atoms with Crippen LogP contribution in [-0.2, 0) is 24.2 Å². The van der Waals surface area contributed by atoms with Crippen molar-refractivity contribution in [3.63, 3.8) is 0 Å². The van der Waals surface area contributed by atoms with Crippen molar-refractivity contribution in [1.29, 1.82) is 0 Å². The zero-order chi connectivity index (χ0) is 22.2. The molecule has 0 bridgehead atoms. The molecule has 4 heteroatoms. The van der Waals surface area contributed by atoms with Crippen LogP contribution in [0, 0.1) is 5.82 Å². The number of benzene rings is 3. The number of hydrogen-bond acceptors (Lipinski definition) is 3. The van der Waals surface area contributed by atoms with Gasteiger partial charge < -0.3 is 4.74 Å². The maximum atomic E-state index is 13.8. The van der Waals surface area contributed by atoms with Gasteiger partial charge in [0, 0.05) is 25.2 Å². The lowest BCUT2D eigenvalue weighted by Crippen LogP contribution is -2.04. The lowest BCUT2D eigenvalue weighted by Gasteiger charge is -2.12. The first-order chi connectivity index (χ1) is 15.7. The third-order valence-corrected chi connectivity index (χ3v) is 5.29. The van der Waals surface area contributed by atoms with Crippen molar-refractivity contribution in [2.75, 3.05) is 0 Å². The first-order valence-electron chi connectivity index (χ1n) is 10.6. The van der Waals surface area contributed by atoms with E-state index in [1.165, 1.54) is 12.1 Å². The molecule has 0 fully saturated rings. The Hall–Kier alpha value is -3.79. The zero-order valence-corrected chi connectivity index (χ0v) is 17.7. The number of ketones is 1. The summed E-state index contributed by atoms with van der Waals surface area (Å²) in [7, 11) is 0. The van der Waals surface area contributed by atoms with Gasteiger partial charge >= 0.3 is 0 Å². The average molecular weight is 426 g/mol. The van der Waals surface area contributed by atoms with Crippen LogP contribution in [0.1, 0.15) is 23.1 Å². The number of carbonyl (C=O) groups is 1. The number of carbonyl (C=O) groups excluding carboxylic acids is 1. The quantitative estimate of drug-likeness (QED) is 0.320. The van der Waals surface area contributed by atoms with Crippen molar-refractivity contribution in [3.05, 3.63) is 120 Å². The summed E-state index contributed by atoms with van der Waals surface area (Å²) < 4.78 is 19.8. The number of aromatic nitrogens is 1. The fraction of sp³-hybridized carbons (Fsp3) is 0.143. The van der Waals surface area contributed by atoms with E-state index >= 15 is 0 Å². The van der Waals surface area contributed by atoms with Crippen LogP contribution < -0.4 is 4.74 Å². The van der Waals surface area contributed by atoms with Gasteiger partial charge in [-0.25, -0.2) is 4.39 Å². The van der Waals surface area contributed by atoms with Crippen LogP contribution in [0.5, 0.6) is 5.75 Å². The molecular formula is C28H24FNO2. The van der Waals surface area contributed by atoms with Gasteiger partial charge in [0.2, 0.25) is 0 Å². The molecule has 3 aromatic carbocycles. The van der Waals surface area contributed by atoms with E-state index in [-0.39, 0.29) is 11.6 Å². The van der Waals surface area contributed by atoms with Gasteiger partial charge in [0.25, 0.3) is 0 Å². The molecule has 1 heterocycles. The fourth-order valence-electron chi connectivity index (χ4n) is 3.57. The normalized spacial score (nSPS) is 10.7. The molecule has 0 atom stereocenters. The highest BCUT2D eigenvalue weighted by atomic mass is 19.1. The van der Waals surface area contributed by atoms with Crippen LogP contribution in [-0.4, -0.2) is 10.8 Å². The lowest BCUT2D eigenvalue weighted by molar-refractivity contribution is -0.118. The molecule has 4 aromatic rings. The van der Waals surface area contributed by atoms with Crippen molar-refractivity contribution in [3.8, 4) is 16.9 Å². The number of hydrogen-bond donors (Lipinski definition) is 0. The Morgan fingerprint density at radius 3 is 2.44 bits per heavy atom. The summed E-state index contributed by atoms with van der Waals surface area (Å²) in [4.78, 5) is 16.4. The number of nitrogens with zero attached hydrogens (tertiary/aromatic N) is 1. The molecule has 0 saturated carbocycles. The van der Waals surface area contributed by atoms with Gasteiger partial charge in [-0.2, -0.15) is 0 Å². The smallest absolute Gasteiger partial charge is 0.137 e. The lowest BCUT2D eigenvalue weighted by atomic mass is 10.00. The maximum Gasteiger partial charge on any atom is 0.137 e. The summed E-state index contributed by atoms with van der Waals surface area (Å²) in [5.74, 6) is 0.631. The van der Waals surface area contributed by atoms with Gasteiger partial charge in [-0.15, -0.1) is 0 Å². The highest BCUT2D eigenvalue weighted by Gasteiger charge is 2.09. The molecule has 0 amide bonds. The number of pyridine rings is 1. The molecule has 1 aromatic heterocycles. The van der Waals surface area contributed by atoms with Crippen LogP contribution in [0.4, 0.5) is 4.39 Å². The molecule has 0 radical (unpaired) electrons. The molecule has 4 rings (SSSR count). The van der Waals surface area contributed by atoms with Gasteiger partial charge in [-0.1, -0.05) is 54.6 Å². The molecule has 0 aliphatic heterocycles. The van der Waals surface area contributed by atoms with Crippen LogP contribution in [0.2, 0.25) is 0 Å². The molecule has 0 spiro atoms. The number of rotatable bonds is 9. The van der Waals surface area contributed by atoms with Crippen molar-refractivity contribution >= 4 is 5.78 Å². The van der Waals surface area contributed by atoms with E-state index in [9.17, 15) is 9.18 Å². The molecule has 32 heavy (non-hydrogen) atoms. The monoisotopic (exact) mass is 425 g/mol. The highest BCUT2D eigenvalue weighted by Crippen LogP contribution is 2.26. The van der Waals surface area contributed by atoms with Gasteiger partial charge in [-0.05, 0) is 64.6 Å². The SMILES string of the molecule is O=C(CCc1cccnc1)Cc1ccc(OCc2ccc(F)cc2-c2ccccc2)cc1. The molecule has 0 N–H and O–H groups in total. The summed E-state index contributed by atoms with van der Waals surface area (Å²) in [5, 5.41) is 0. The average Bonchev–Trinajstić information content (AvgIpc) is 2.84. The van der Waals surface area contributed by atoms with E-state index in [1.54, 1.807) is 18.5 Å². The molecule has 0 aliphatic rings. The number of aryl methyl sites for hydroxylation is 1. The van der Waals surface area contributed by atoms with E-state index in [0.717, 1.165) is 27.8 Å². The Bertz CT molecular complexity index is 1160. The summed E-state index contributed by atoms with van der Waals surface area (Å²) in [5.41, 5.74) is 4.71. The van der Waals surface area contributed by atoms with Gasteiger partial charge in [0.1, 0.15) is 24.0 Å². The second kappa shape index (κ2) is 10.5. The minimum atomic E-state index is -0.273. The first-order valence-corrected chi connectivity index (χ1v) is 10.6. The van der Waals surface area contributed by atoms with E-state index in [1.807, 2.05) is 66.7 Å². The van der Waals surface area contributed by atoms with Crippen molar-refractivity contribution in [1.82, 2.24) is 4.98 Å². The van der Waals surface area contributed by atoms with Gasteiger partial charge in [0.15, 0.2) is 0 Å². The molecular weight excluding hydrogens is 401 g/mol. The van der Waals surface area contributed by atoms with Crippen molar-refractivity contribution in [2.24, 2.45) is 0 Å². The molecule has 3 nitrogen and oxygen atoms in total. The Morgan fingerprint density at radius 1 is 0.875 bits per heavy atom. The second-order valence-electron chi connectivity index (χ2n) is 7.68. The van der Waals surface area contributed by atoms with Crippen LogP contribution in [0.3, 0.4) is 0 Å². The Balaban J connectivity index is 1.34. The topological polar surface area (TPSA) is 39.2 Å². The molecule has 160 valence electrons. The van der Waals surface area contributed by atoms with Gasteiger partial charge in [-0.3, -0.25) is 9.78 Å².